The lowest BCUT2D eigenvalue weighted by Crippen LogP contribution is -2.28. The van der Waals surface area contributed by atoms with Crippen LogP contribution in [0.2, 0.25) is 0 Å². The predicted octanol–water partition coefficient (Wildman–Crippen LogP) is 4.15. The fraction of sp³-hybridized carbons (Fsp3) is 0.412. The Morgan fingerprint density at radius 3 is 2.76 bits per heavy atom. The van der Waals surface area contributed by atoms with Crippen LogP contribution < -0.4 is 5.32 Å². The zero-order chi connectivity index (χ0) is 14.9. The number of hydrogen-bond acceptors (Lipinski definition) is 3. The molecule has 1 heterocycles. The van der Waals surface area contributed by atoms with Gasteiger partial charge in [-0.2, -0.15) is 0 Å². The highest BCUT2D eigenvalue weighted by atomic mass is 79.9. The van der Waals surface area contributed by atoms with Crippen molar-refractivity contribution in [3.8, 4) is 0 Å². The van der Waals surface area contributed by atoms with Crippen LogP contribution in [0.5, 0.6) is 0 Å². The molecule has 0 fully saturated rings. The van der Waals surface area contributed by atoms with Gasteiger partial charge in [-0.25, -0.2) is 0 Å². The first kappa shape index (κ1) is 16.7. The monoisotopic (exact) mass is 367 g/mol. The van der Waals surface area contributed by atoms with E-state index in [0.717, 1.165) is 32.5 Å². The molecule has 0 radical (unpaired) electrons. The van der Waals surface area contributed by atoms with E-state index in [2.05, 4.69) is 63.0 Å². The Morgan fingerprint density at radius 1 is 1.19 bits per heavy atom. The van der Waals surface area contributed by atoms with E-state index in [4.69, 9.17) is 4.74 Å². The fourth-order valence-electron chi connectivity index (χ4n) is 2.39. The Kier molecular flexibility index (Phi) is 7.44. The first-order valence-electron chi connectivity index (χ1n) is 7.25. The molecule has 1 aromatic carbocycles. The van der Waals surface area contributed by atoms with Gasteiger partial charge in [0.2, 0.25) is 0 Å². The Hall–Kier alpha value is -0.680. The van der Waals surface area contributed by atoms with Crippen LogP contribution in [-0.4, -0.2) is 26.8 Å². The molecule has 0 saturated heterocycles. The van der Waals surface area contributed by atoms with Crippen molar-refractivity contribution in [2.24, 2.45) is 5.92 Å². The van der Waals surface area contributed by atoms with Crippen molar-refractivity contribution in [1.29, 1.82) is 0 Å². The summed E-state index contributed by atoms with van der Waals surface area (Å²) in [6.45, 7) is 2.69. The number of methoxy groups -OCH3 is 1. The number of nitrogens with one attached hydrogen (secondary N) is 1. The van der Waals surface area contributed by atoms with Gasteiger partial charge in [-0.3, -0.25) is 0 Å². The lowest BCUT2D eigenvalue weighted by atomic mass is 9.95. The van der Waals surface area contributed by atoms with E-state index in [1.165, 1.54) is 14.9 Å². The lowest BCUT2D eigenvalue weighted by molar-refractivity contribution is 0.197. The van der Waals surface area contributed by atoms with E-state index >= 15 is 0 Å². The maximum Gasteiger partial charge on any atom is 0.0587 e. The van der Waals surface area contributed by atoms with Crippen LogP contribution in [0.15, 0.2) is 46.3 Å². The van der Waals surface area contributed by atoms with Gasteiger partial charge in [0, 0.05) is 23.0 Å². The summed E-state index contributed by atoms with van der Waals surface area (Å²) in [7, 11) is 1.74. The van der Waals surface area contributed by atoms with Crippen LogP contribution in [0.1, 0.15) is 10.4 Å². The number of thiophene rings is 1. The van der Waals surface area contributed by atoms with Crippen LogP contribution in [0.4, 0.5) is 0 Å². The molecule has 2 rings (SSSR count). The Labute approximate surface area is 139 Å². The minimum absolute atomic E-state index is 0.596. The third-order valence-electron chi connectivity index (χ3n) is 3.45. The average molecular weight is 368 g/mol. The molecule has 21 heavy (non-hydrogen) atoms. The molecule has 0 amide bonds. The summed E-state index contributed by atoms with van der Waals surface area (Å²) in [5.74, 6) is 0.596. The molecule has 0 aliphatic heterocycles. The Bertz CT molecular complexity index is 515. The van der Waals surface area contributed by atoms with Crippen LogP contribution in [-0.2, 0) is 17.6 Å². The zero-order valence-corrected chi connectivity index (χ0v) is 14.8. The molecule has 2 nitrogen and oxygen atoms in total. The summed E-state index contributed by atoms with van der Waals surface area (Å²) in [4.78, 5) is 1.46. The molecule has 0 aliphatic rings. The van der Waals surface area contributed by atoms with Crippen molar-refractivity contribution in [2.75, 3.05) is 26.8 Å². The summed E-state index contributed by atoms with van der Waals surface area (Å²) >= 11 is 5.50. The van der Waals surface area contributed by atoms with Crippen molar-refractivity contribution in [1.82, 2.24) is 5.32 Å². The molecular formula is C17H22BrNOS. The second-order valence-corrected chi connectivity index (χ2v) is 7.03. The van der Waals surface area contributed by atoms with E-state index in [1.807, 2.05) is 11.3 Å². The lowest BCUT2D eigenvalue weighted by Gasteiger charge is -2.18. The SMILES string of the molecule is COCCNCC(Cc1cccs1)Cc1ccccc1Br. The second kappa shape index (κ2) is 9.36. The summed E-state index contributed by atoms with van der Waals surface area (Å²) < 4.78 is 6.31. The van der Waals surface area contributed by atoms with Crippen molar-refractivity contribution in [3.05, 3.63) is 56.7 Å². The van der Waals surface area contributed by atoms with E-state index < -0.39 is 0 Å². The Morgan fingerprint density at radius 2 is 2.05 bits per heavy atom. The van der Waals surface area contributed by atoms with Crippen molar-refractivity contribution >= 4 is 27.3 Å². The van der Waals surface area contributed by atoms with Gasteiger partial charge in [0.05, 0.1) is 6.61 Å². The van der Waals surface area contributed by atoms with Crippen LogP contribution in [0, 0.1) is 5.92 Å². The number of rotatable bonds is 9. The highest BCUT2D eigenvalue weighted by Gasteiger charge is 2.13. The number of halogens is 1. The molecule has 0 saturated carbocycles. The smallest absolute Gasteiger partial charge is 0.0587 e. The topological polar surface area (TPSA) is 21.3 Å². The molecule has 114 valence electrons. The first-order valence-corrected chi connectivity index (χ1v) is 8.92. The zero-order valence-electron chi connectivity index (χ0n) is 12.3. The van der Waals surface area contributed by atoms with Gasteiger partial charge in [0.25, 0.3) is 0 Å². The van der Waals surface area contributed by atoms with Crippen molar-refractivity contribution in [3.63, 3.8) is 0 Å². The maximum absolute atomic E-state index is 5.10. The largest absolute Gasteiger partial charge is 0.383 e. The molecule has 1 unspecified atom stereocenters. The fourth-order valence-corrected chi connectivity index (χ4v) is 3.65. The van der Waals surface area contributed by atoms with Crippen molar-refractivity contribution in [2.45, 2.75) is 12.8 Å². The summed E-state index contributed by atoms with van der Waals surface area (Å²) in [5.41, 5.74) is 1.38. The second-order valence-electron chi connectivity index (χ2n) is 5.14. The number of ether oxygens (including phenoxy) is 1. The van der Waals surface area contributed by atoms with Gasteiger partial charge in [-0.05, 0) is 48.4 Å². The van der Waals surface area contributed by atoms with Gasteiger partial charge in [-0.15, -0.1) is 11.3 Å². The van der Waals surface area contributed by atoms with Gasteiger partial charge >= 0.3 is 0 Å². The highest BCUT2D eigenvalue weighted by molar-refractivity contribution is 9.10. The standard InChI is InChI=1S/C17H22BrNOS/c1-20-9-8-19-13-14(12-16-6-4-10-21-16)11-15-5-2-3-7-17(15)18/h2-7,10,14,19H,8-9,11-13H2,1H3. The summed E-state index contributed by atoms with van der Waals surface area (Å²) in [5, 5.41) is 5.66. The van der Waals surface area contributed by atoms with Gasteiger partial charge in [-0.1, -0.05) is 40.2 Å². The van der Waals surface area contributed by atoms with Gasteiger partial charge < -0.3 is 10.1 Å². The predicted molar refractivity (Wildman–Crippen MR) is 94.1 cm³/mol. The van der Waals surface area contributed by atoms with Crippen molar-refractivity contribution < 1.29 is 4.74 Å². The molecule has 2 aromatic rings. The molecule has 0 bridgehead atoms. The first-order chi connectivity index (χ1) is 10.3. The molecule has 0 aliphatic carbocycles. The van der Waals surface area contributed by atoms with E-state index in [-0.39, 0.29) is 0 Å². The molecular weight excluding hydrogens is 346 g/mol. The molecule has 1 N–H and O–H groups in total. The molecule has 0 spiro atoms. The normalized spacial score (nSPS) is 12.5. The quantitative estimate of drug-likeness (QED) is 0.672. The molecule has 4 heteroatoms. The summed E-state index contributed by atoms with van der Waals surface area (Å²) in [6.07, 6.45) is 2.21. The Balaban J connectivity index is 1.95. The molecule has 1 atom stereocenters. The molecule has 1 aromatic heterocycles. The highest BCUT2D eigenvalue weighted by Crippen LogP contribution is 2.22. The van der Waals surface area contributed by atoms with E-state index in [0.29, 0.717) is 5.92 Å². The minimum Gasteiger partial charge on any atom is -0.383 e. The number of benzene rings is 1. The number of hydrogen-bond donors (Lipinski definition) is 1. The average Bonchev–Trinajstić information content (AvgIpc) is 2.99. The van der Waals surface area contributed by atoms with E-state index in [1.54, 1.807) is 7.11 Å². The van der Waals surface area contributed by atoms with Crippen LogP contribution in [0.3, 0.4) is 0 Å². The summed E-state index contributed by atoms with van der Waals surface area (Å²) in [6, 6.07) is 12.9. The van der Waals surface area contributed by atoms with Gasteiger partial charge in [0.1, 0.15) is 0 Å². The minimum atomic E-state index is 0.596. The van der Waals surface area contributed by atoms with Crippen LogP contribution in [0.25, 0.3) is 0 Å². The van der Waals surface area contributed by atoms with E-state index in [9.17, 15) is 0 Å². The third-order valence-corrected chi connectivity index (χ3v) is 5.12. The maximum atomic E-state index is 5.10. The third kappa shape index (κ3) is 5.91. The van der Waals surface area contributed by atoms with Gasteiger partial charge in [0.15, 0.2) is 0 Å². The van der Waals surface area contributed by atoms with Crippen LogP contribution >= 0.6 is 27.3 Å².